The van der Waals surface area contributed by atoms with Gasteiger partial charge in [0, 0.05) is 11.8 Å². The van der Waals surface area contributed by atoms with Crippen LogP contribution in [0.1, 0.15) is 0 Å². The summed E-state index contributed by atoms with van der Waals surface area (Å²) in [5, 5.41) is 3.23. The van der Waals surface area contributed by atoms with E-state index >= 15 is 0 Å². The first-order chi connectivity index (χ1) is 7.84. The van der Waals surface area contributed by atoms with E-state index in [0.717, 1.165) is 16.3 Å². The van der Waals surface area contributed by atoms with Gasteiger partial charge in [0.25, 0.3) is 0 Å². The van der Waals surface area contributed by atoms with Gasteiger partial charge >= 0.3 is 0 Å². The molecule has 0 fully saturated rings. The molecule has 2 heteroatoms. The van der Waals surface area contributed by atoms with E-state index in [9.17, 15) is 0 Å². The molecule has 2 aromatic carbocycles. The molecule has 0 saturated heterocycles. The van der Waals surface area contributed by atoms with Crippen molar-refractivity contribution >= 4 is 22.4 Å². The highest BCUT2D eigenvalue weighted by Crippen LogP contribution is 2.28. The Morgan fingerprint density at radius 3 is 2.44 bits per heavy atom. The standard InChI is InChI=1S/C14H10ClN/c15-13-7-8-16-14(13)12-6-5-10-3-1-2-4-11(10)9-12/h1-9,16H. The van der Waals surface area contributed by atoms with Gasteiger partial charge in [-0.25, -0.2) is 0 Å². The molecule has 78 valence electrons. The van der Waals surface area contributed by atoms with Crippen molar-refractivity contribution in [2.45, 2.75) is 0 Å². The fraction of sp³-hybridized carbons (Fsp3) is 0. The predicted octanol–water partition coefficient (Wildman–Crippen LogP) is 4.49. The summed E-state index contributed by atoms with van der Waals surface area (Å²) in [7, 11) is 0. The first kappa shape index (κ1) is 9.49. The van der Waals surface area contributed by atoms with Gasteiger partial charge in [-0.05, 0) is 22.9 Å². The van der Waals surface area contributed by atoms with Gasteiger partial charge in [0.2, 0.25) is 0 Å². The number of benzene rings is 2. The Hall–Kier alpha value is -1.73. The molecule has 0 aliphatic rings. The quantitative estimate of drug-likeness (QED) is 0.631. The molecule has 0 radical (unpaired) electrons. The Balaban J connectivity index is 2.23. The van der Waals surface area contributed by atoms with Gasteiger partial charge in [-0.2, -0.15) is 0 Å². The number of aromatic nitrogens is 1. The van der Waals surface area contributed by atoms with Gasteiger partial charge in [-0.3, -0.25) is 0 Å². The molecule has 1 nitrogen and oxygen atoms in total. The molecule has 0 bridgehead atoms. The maximum Gasteiger partial charge on any atom is 0.0661 e. The number of nitrogens with one attached hydrogen (secondary N) is 1. The van der Waals surface area contributed by atoms with E-state index < -0.39 is 0 Å². The van der Waals surface area contributed by atoms with Crippen LogP contribution in [0.5, 0.6) is 0 Å². The molecule has 3 rings (SSSR count). The van der Waals surface area contributed by atoms with Crippen LogP contribution in [0, 0.1) is 0 Å². The molecule has 3 aromatic rings. The topological polar surface area (TPSA) is 15.8 Å². The molecule has 0 aliphatic heterocycles. The van der Waals surface area contributed by atoms with E-state index in [1.165, 1.54) is 10.8 Å². The van der Waals surface area contributed by atoms with Crippen LogP contribution >= 0.6 is 11.6 Å². The largest absolute Gasteiger partial charge is 0.360 e. The molecule has 0 spiro atoms. The van der Waals surface area contributed by atoms with Gasteiger partial charge in [-0.15, -0.1) is 0 Å². The van der Waals surface area contributed by atoms with Crippen molar-refractivity contribution in [1.82, 2.24) is 4.98 Å². The second-order valence-corrected chi connectivity index (χ2v) is 4.17. The van der Waals surface area contributed by atoms with Gasteiger partial charge in [-0.1, -0.05) is 48.0 Å². The van der Waals surface area contributed by atoms with E-state index in [1.54, 1.807) is 0 Å². The Labute approximate surface area is 98.7 Å². The van der Waals surface area contributed by atoms with Crippen molar-refractivity contribution < 1.29 is 0 Å². The lowest BCUT2D eigenvalue weighted by Gasteiger charge is -2.02. The number of hydrogen-bond donors (Lipinski definition) is 1. The van der Waals surface area contributed by atoms with Crippen molar-refractivity contribution in [3.8, 4) is 11.3 Å². The lowest BCUT2D eigenvalue weighted by atomic mass is 10.1. The number of H-pyrrole nitrogens is 1. The smallest absolute Gasteiger partial charge is 0.0661 e. The number of rotatable bonds is 1. The summed E-state index contributed by atoms with van der Waals surface area (Å²) in [6, 6.07) is 16.5. The van der Waals surface area contributed by atoms with Crippen LogP contribution in [-0.2, 0) is 0 Å². The zero-order chi connectivity index (χ0) is 11.0. The Bertz CT molecular complexity index is 640. The first-order valence-corrected chi connectivity index (χ1v) is 5.54. The molecule has 16 heavy (non-hydrogen) atoms. The van der Waals surface area contributed by atoms with Crippen LogP contribution in [-0.4, -0.2) is 4.98 Å². The molecule has 1 heterocycles. The van der Waals surface area contributed by atoms with Crippen LogP contribution in [0.2, 0.25) is 5.02 Å². The Morgan fingerprint density at radius 2 is 1.69 bits per heavy atom. The summed E-state index contributed by atoms with van der Waals surface area (Å²) in [5.74, 6) is 0. The highest BCUT2D eigenvalue weighted by Gasteiger charge is 2.04. The lowest BCUT2D eigenvalue weighted by Crippen LogP contribution is -1.79. The van der Waals surface area contributed by atoms with Crippen LogP contribution < -0.4 is 0 Å². The highest BCUT2D eigenvalue weighted by molar-refractivity contribution is 6.33. The fourth-order valence-corrected chi connectivity index (χ4v) is 2.14. The van der Waals surface area contributed by atoms with E-state index in [1.807, 2.05) is 24.4 Å². The Kier molecular flexibility index (Phi) is 2.19. The van der Waals surface area contributed by atoms with Crippen molar-refractivity contribution in [3.63, 3.8) is 0 Å². The molecule has 0 atom stereocenters. The van der Waals surface area contributed by atoms with E-state index in [4.69, 9.17) is 11.6 Å². The van der Waals surface area contributed by atoms with Crippen LogP contribution in [0.4, 0.5) is 0 Å². The SMILES string of the molecule is Clc1cc[nH]c1-c1ccc2ccccc2c1. The second kappa shape index (κ2) is 3.69. The summed E-state index contributed by atoms with van der Waals surface area (Å²) in [5.41, 5.74) is 2.10. The monoisotopic (exact) mass is 227 g/mol. The molecular weight excluding hydrogens is 218 g/mol. The van der Waals surface area contributed by atoms with Gasteiger partial charge in [0.05, 0.1) is 10.7 Å². The van der Waals surface area contributed by atoms with E-state index in [-0.39, 0.29) is 0 Å². The number of hydrogen-bond acceptors (Lipinski definition) is 0. The average molecular weight is 228 g/mol. The average Bonchev–Trinajstić information content (AvgIpc) is 2.75. The molecule has 1 aromatic heterocycles. The third kappa shape index (κ3) is 1.50. The van der Waals surface area contributed by atoms with Crippen LogP contribution in [0.3, 0.4) is 0 Å². The lowest BCUT2D eigenvalue weighted by molar-refractivity contribution is 1.41. The third-order valence-electron chi connectivity index (χ3n) is 2.73. The minimum absolute atomic E-state index is 0.760. The van der Waals surface area contributed by atoms with Crippen molar-refractivity contribution in [1.29, 1.82) is 0 Å². The maximum absolute atomic E-state index is 6.09. The van der Waals surface area contributed by atoms with Crippen molar-refractivity contribution in [3.05, 3.63) is 59.8 Å². The van der Waals surface area contributed by atoms with Gasteiger partial charge in [0.1, 0.15) is 0 Å². The number of fused-ring (bicyclic) bond motifs is 1. The van der Waals surface area contributed by atoms with Gasteiger partial charge < -0.3 is 4.98 Å². The summed E-state index contributed by atoms with van der Waals surface area (Å²) >= 11 is 6.09. The molecule has 0 amide bonds. The van der Waals surface area contributed by atoms with Crippen LogP contribution in [0.25, 0.3) is 22.0 Å². The predicted molar refractivity (Wildman–Crippen MR) is 68.7 cm³/mol. The number of aromatic amines is 1. The van der Waals surface area contributed by atoms with E-state index in [0.29, 0.717) is 0 Å². The second-order valence-electron chi connectivity index (χ2n) is 3.76. The summed E-state index contributed by atoms with van der Waals surface area (Å²) in [6.07, 6.45) is 1.85. The minimum Gasteiger partial charge on any atom is -0.360 e. The number of halogens is 1. The fourth-order valence-electron chi connectivity index (χ4n) is 1.92. The van der Waals surface area contributed by atoms with Gasteiger partial charge in [0.15, 0.2) is 0 Å². The first-order valence-electron chi connectivity index (χ1n) is 5.17. The maximum atomic E-state index is 6.09. The molecule has 1 N–H and O–H groups in total. The minimum atomic E-state index is 0.760. The molecule has 0 unspecified atom stereocenters. The van der Waals surface area contributed by atoms with Crippen molar-refractivity contribution in [2.24, 2.45) is 0 Å². The summed E-state index contributed by atoms with van der Waals surface area (Å²) in [4.78, 5) is 3.15. The normalized spacial score (nSPS) is 10.8. The zero-order valence-electron chi connectivity index (χ0n) is 8.57. The molecule has 0 aliphatic carbocycles. The molecule has 0 saturated carbocycles. The Morgan fingerprint density at radius 1 is 0.875 bits per heavy atom. The molecular formula is C14H10ClN. The summed E-state index contributed by atoms with van der Waals surface area (Å²) < 4.78 is 0. The summed E-state index contributed by atoms with van der Waals surface area (Å²) in [6.45, 7) is 0. The van der Waals surface area contributed by atoms with Crippen LogP contribution in [0.15, 0.2) is 54.7 Å². The van der Waals surface area contributed by atoms with E-state index in [2.05, 4.69) is 35.3 Å². The zero-order valence-corrected chi connectivity index (χ0v) is 9.33. The third-order valence-corrected chi connectivity index (χ3v) is 3.05. The van der Waals surface area contributed by atoms with Crippen molar-refractivity contribution in [2.75, 3.05) is 0 Å². The highest BCUT2D eigenvalue weighted by atomic mass is 35.5.